The second-order valence-electron chi connectivity index (χ2n) is 3.39. The smallest absolute Gasteiger partial charge is 0.308 e. The van der Waals surface area contributed by atoms with E-state index in [2.05, 4.69) is 5.10 Å². The number of carboxylic acid groups (broad SMARTS) is 1. The molecular weight excluding hydrogens is 182 g/mol. The van der Waals surface area contributed by atoms with Crippen LogP contribution in [0.4, 0.5) is 0 Å². The molecule has 0 spiro atoms. The maximum Gasteiger partial charge on any atom is 0.308 e. The zero-order valence-electron chi connectivity index (χ0n) is 8.40. The monoisotopic (exact) mass is 197 g/mol. The van der Waals surface area contributed by atoms with Gasteiger partial charge in [0.05, 0.1) is 11.6 Å². The molecule has 5 heteroatoms. The first kappa shape index (κ1) is 10.7. The van der Waals surface area contributed by atoms with Gasteiger partial charge in [0.25, 0.3) is 0 Å². The first-order valence-electron chi connectivity index (χ1n) is 4.46. The molecule has 3 N–H and O–H groups in total. The highest BCUT2D eigenvalue weighted by Gasteiger charge is 2.18. The third-order valence-corrected chi connectivity index (χ3v) is 2.22. The first-order chi connectivity index (χ1) is 6.54. The van der Waals surface area contributed by atoms with Crippen LogP contribution in [0.15, 0.2) is 6.20 Å². The van der Waals surface area contributed by atoms with E-state index in [4.69, 9.17) is 10.8 Å². The number of aliphatic carboxylic acids is 1. The average Bonchev–Trinajstić information content (AvgIpc) is 2.40. The van der Waals surface area contributed by atoms with Gasteiger partial charge in [0, 0.05) is 19.8 Å². The van der Waals surface area contributed by atoms with Gasteiger partial charge in [-0.2, -0.15) is 5.10 Å². The Bertz CT molecular complexity index is 333. The molecular formula is C9H15N3O2. The van der Waals surface area contributed by atoms with E-state index >= 15 is 0 Å². The molecule has 5 nitrogen and oxygen atoms in total. The number of nitrogens with zero attached hydrogens (tertiary/aromatic N) is 2. The van der Waals surface area contributed by atoms with Crippen molar-refractivity contribution in [1.29, 1.82) is 0 Å². The summed E-state index contributed by atoms with van der Waals surface area (Å²) in [6.45, 7) is 2.02. The minimum atomic E-state index is -0.851. The number of rotatable bonds is 4. The highest BCUT2D eigenvalue weighted by molar-refractivity contribution is 5.70. The molecule has 0 bridgehead atoms. The van der Waals surface area contributed by atoms with Crippen molar-refractivity contribution in [3.63, 3.8) is 0 Å². The average molecular weight is 197 g/mol. The van der Waals surface area contributed by atoms with Crippen molar-refractivity contribution >= 4 is 5.97 Å². The number of hydrogen-bond donors (Lipinski definition) is 2. The van der Waals surface area contributed by atoms with E-state index in [9.17, 15) is 4.79 Å². The molecule has 1 unspecified atom stereocenters. The van der Waals surface area contributed by atoms with Crippen LogP contribution in [0.1, 0.15) is 11.3 Å². The van der Waals surface area contributed by atoms with Crippen molar-refractivity contribution in [3.8, 4) is 0 Å². The number of aromatic nitrogens is 2. The maximum absolute atomic E-state index is 10.7. The van der Waals surface area contributed by atoms with Gasteiger partial charge in [-0.3, -0.25) is 9.48 Å². The Kier molecular flexibility index (Phi) is 3.24. The van der Waals surface area contributed by atoms with Gasteiger partial charge in [-0.05, 0) is 18.9 Å². The third-order valence-electron chi connectivity index (χ3n) is 2.22. The molecule has 0 aliphatic carbocycles. The van der Waals surface area contributed by atoms with Gasteiger partial charge >= 0.3 is 5.97 Å². The molecule has 1 atom stereocenters. The van der Waals surface area contributed by atoms with Crippen molar-refractivity contribution < 1.29 is 9.90 Å². The van der Waals surface area contributed by atoms with Gasteiger partial charge in [-0.25, -0.2) is 0 Å². The van der Waals surface area contributed by atoms with Gasteiger partial charge in [0.1, 0.15) is 0 Å². The Hall–Kier alpha value is -1.36. The summed E-state index contributed by atoms with van der Waals surface area (Å²) in [6, 6.07) is 0. The summed E-state index contributed by atoms with van der Waals surface area (Å²) in [4.78, 5) is 10.7. The second-order valence-corrected chi connectivity index (χ2v) is 3.39. The first-order valence-corrected chi connectivity index (χ1v) is 4.46. The summed E-state index contributed by atoms with van der Waals surface area (Å²) >= 11 is 0. The van der Waals surface area contributed by atoms with Crippen LogP contribution in [0, 0.1) is 12.8 Å². The van der Waals surface area contributed by atoms with Crippen LogP contribution < -0.4 is 5.73 Å². The Balaban J connectivity index is 2.76. The summed E-state index contributed by atoms with van der Waals surface area (Å²) in [5.41, 5.74) is 7.19. The lowest BCUT2D eigenvalue weighted by molar-refractivity contribution is -0.141. The molecule has 1 heterocycles. The molecule has 0 radical (unpaired) electrons. The third kappa shape index (κ3) is 2.32. The molecule has 0 aromatic carbocycles. The largest absolute Gasteiger partial charge is 0.481 e. The fraction of sp³-hybridized carbons (Fsp3) is 0.556. The normalized spacial score (nSPS) is 12.8. The van der Waals surface area contributed by atoms with E-state index in [1.54, 1.807) is 4.68 Å². The fourth-order valence-corrected chi connectivity index (χ4v) is 1.39. The number of hydrogen-bond acceptors (Lipinski definition) is 3. The van der Waals surface area contributed by atoms with Crippen LogP contribution in [-0.4, -0.2) is 27.4 Å². The maximum atomic E-state index is 10.7. The highest BCUT2D eigenvalue weighted by Crippen LogP contribution is 2.11. The number of carbonyl (C=O) groups is 1. The van der Waals surface area contributed by atoms with Gasteiger partial charge in [-0.15, -0.1) is 0 Å². The number of carboxylic acids is 1. The quantitative estimate of drug-likeness (QED) is 0.708. The Morgan fingerprint density at radius 1 is 1.79 bits per heavy atom. The van der Waals surface area contributed by atoms with Crippen molar-refractivity contribution in [1.82, 2.24) is 9.78 Å². The summed E-state index contributed by atoms with van der Waals surface area (Å²) in [5.74, 6) is -1.37. The van der Waals surface area contributed by atoms with Gasteiger partial charge in [0.2, 0.25) is 0 Å². The van der Waals surface area contributed by atoms with Gasteiger partial charge < -0.3 is 10.8 Å². The molecule has 1 aromatic heterocycles. The van der Waals surface area contributed by atoms with E-state index < -0.39 is 11.9 Å². The summed E-state index contributed by atoms with van der Waals surface area (Å²) in [5, 5.41) is 13.0. The van der Waals surface area contributed by atoms with Gasteiger partial charge in [-0.1, -0.05) is 0 Å². The lowest BCUT2D eigenvalue weighted by Gasteiger charge is -2.07. The molecule has 0 fully saturated rings. The zero-order valence-corrected chi connectivity index (χ0v) is 8.40. The predicted octanol–water partition coefficient (Wildman–Crippen LogP) is -0.0695. The summed E-state index contributed by atoms with van der Waals surface area (Å²) in [7, 11) is 1.81. The van der Waals surface area contributed by atoms with Crippen LogP contribution in [0.3, 0.4) is 0 Å². The van der Waals surface area contributed by atoms with E-state index in [1.165, 1.54) is 0 Å². The van der Waals surface area contributed by atoms with Crippen LogP contribution in [0.5, 0.6) is 0 Å². The Labute approximate surface area is 82.5 Å². The second kappa shape index (κ2) is 4.23. The molecule has 0 aliphatic rings. The van der Waals surface area contributed by atoms with Crippen molar-refractivity contribution in [3.05, 3.63) is 17.5 Å². The van der Waals surface area contributed by atoms with Crippen molar-refractivity contribution in [2.24, 2.45) is 18.7 Å². The Morgan fingerprint density at radius 2 is 2.43 bits per heavy atom. The predicted molar refractivity (Wildman–Crippen MR) is 51.8 cm³/mol. The van der Waals surface area contributed by atoms with Crippen molar-refractivity contribution in [2.45, 2.75) is 13.3 Å². The summed E-state index contributed by atoms with van der Waals surface area (Å²) < 4.78 is 1.68. The molecule has 78 valence electrons. The highest BCUT2D eigenvalue weighted by atomic mass is 16.4. The lowest BCUT2D eigenvalue weighted by atomic mass is 10.0. The van der Waals surface area contributed by atoms with E-state index in [-0.39, 0.29) is 6.54 Å². The molecule has 0 amide bonds. The Morgan fingerprint density at radius 3 is 2.79 bits per heavy atom. The number of aryl methyl sites for hydroxylation is 2. The fourth-order valence-electron chi connectivity index (χ4n) is 1.39. The van der Waals surface area contributed by atoms with Crippen LogP contribution >= 0.6 is 0 Å². The molecule has 0 saturated carbocycles. The standard InChI is InChI=1S/C9H15N3O2/c1-6-8(5-12(2)11-6)3-7(4-10)9(13)14/h5,7H,3-4,10H2,1-2H3,(H,13,14). The molecule has 0 aliphatic heterocycles. The topological polar surface area (TPSA) is 81.1 Å². The van der Waals surface area contributed by atoms with E-state index in [0.717, 1.165) is 11.3 Å². The molecule has 0 saturated heterocycles. The molecule has 1 aromatic rings. The SMILES string of the molecule is Cc1nn(C)cc1CC(CN)C(=O)O. The van der Waals surface area contributed by atoms with E-state index in [1.807, 2.05) is 20.2 Å². The minimum absolute atomic E-state index is 0.156. The van der Waals surface area contributed by atoms with Crippen LogP contribution in [0.25, 0.3) is 0 Å². The summed E-state index contributed by atoms with van der Waals surface area (Å²) in [6.07, 6.45) is 2.28. The lowest BCUT2D eigenvalue weighted by Crippen LogP contribution is -2.25. The van der Waals surface area contributed by atoms with Gasteiger partial charge in [0.15, 0.2) is 0 Å². The number of nitrogens with two attached hydrogens (primary N) is 1. The zero-order chi connectivity index (χ0) is 10.7. The van der Waals surface area contributed by atoms with Crippen LogP contribution in [0.2, 0.25) is 0 Å². The molecule has 1 rings (SSSR count). The van der Waals surface area contributed by atoms with Crippen molar-refractivity contribution in [2.75, 3.05) is 6.54 Å². The minimum Gasteiger partial charge on any atom is -0.481 e. The van der Waals surface area contributed by atoms with Crippen LogP contribution in [-0.2, 0) is 18.3 Å². The molecule has 14 heavy (non-hydrogen) atoms. The van der Waals surface area contributed by atoms with E-state index in [0.29, 0.717) is 6.42 Å².